The molecule has 3 rings (SSSR count). The number of hydrazone groups is 1. The first-order valence-corrected chi connectivity index (χ1v) is 11.1. The average molecular weight is 466 g/mol. The number of nitrogens with zero attached hydrogens (tertiary/aromatic N) is 3. The topological polar surface area (TPSA) is 111 Å². The normalized spacial score (nSPS) is 11.9. The highest BCUT2D eigenvalue weighted by atomic mass is 32.1. The van der Waals surface area contributed by atoms with Gasteiger partial charge in [0.1, 0.15) is 22.2 Å². The molecule has 0 aliphatic rings. The molecule has 33 heavy (non-hydrogen) atoms. The smallest absolute Gasteiger partial charge is 0.180 e. The second-order valence-electron chi connectivity index (χ2n) is 7.15. The van der Waals surface area contributed by atoms with E-state index in [1.54, 1.807) is 43.6 Å². The SMILES string of the molecule is COc1ccc(N)c(OCN=C(C(C)=O)/C(C)=N\NCc2nc(-c3ccccc3)c(C)s2)c1. The van der Waals surface area contributed by atoms with Crippen molar-refractivity contribution >= 4 is 34.2 Å². The summed E-state index contributed by atoms with van der Waals surface area (Å²) in [6.45, 7) is 5.57. The van der Waals surface area contributed by atoms with Gasteiger partial charge < -0.3 is 20.6 Å². The zero-order chi connectivity index (χ0) is 23.8. The van der Waals surface area contributed by atoms with E-state index in [1.807, 2.05) is 37.3 Å². The summed E-state index contributed by atoms with van der Waals surface area (Å²) in [5, 5.41) is 5.21. The maximum Gasteiger partial charge on any atom is 0.180 e. The van der Waals surface area contributed by atoms with Crippen LogP contribution in [0.2, 0.25) is 0 Å². The third-order valence-electron chi connectivity index (χ3n) is 4.70. The molecule has 1 heterocycles. The molecule has 3 aromatic rings. The third kappa shape index (κ3) is 6.39. The lowest BCUT2D eigenvalue weighted by atomic mass is 10.1. The van der Waals surface area contributed by atoms with E-state index in [4.69, 9.17) is 20.2 Å². The van der Waals surface area contributed by atoms with Crippen molar-refractivity contribution in [1.29, 1.82) is 0 Å². The molecule has 0 aliphatic heterocycles. The summed E-state index contributed by atoms with van der Waals surface area (Å²) >= 11 is 1.61. The molecule has 0 radical (unpaired) electrons. The van der Waals surface area contributed by atoms with E-state index in [0.717, 1.165) is 21.1 Å². The number of anilines is 1. The lowest BCUT2D eigenvalue weighted by molar-refractivity contribution is -0.110. The molecule has 0 atom stereocenters. The second-order valence-corrected chi connectivity index (χ2v) is 8.44. The quantitative estimate of drug-likeness (QED) is 0.263. The maximum atomic E-state index is 12.1. The first-order valence-electron chi connectivity index (χ1n) is 10.3. The molecule has 172 valence electrons. The number of hydrogen-bond acceptors (Lipinski definition) is 9. The number of nitrogen functional groups attached to an aromatic ring is 1. The van der Waals surface area contributed by atoms with Crippen molar-refractivity contribution in [2.45, 2.75) is 27.3 Å². The summed E-state index contributed by atoms with van der Waals surface area (Å²) in [5.74, 6) is 0.837. The Bertz CT molecular complexity index is 1170. The van der Waals surface area contributed by atoms with E-state index in [9.17, 15) is 4.79 Å². The van der Waals surface area contributed by atoms with Gasteiger partial charge in [-0.1, -0.05) is 30.3 Å². The van der Waals surface area contributed by atoms with E-state index in [0.29, 0.717) is 29.4 Å². The fourth-order valence-corrected chi connectivity index (χ4v) is 3.97. The second kappa shape index (κ2) is 11.2. The van der Waals surface area contributed by atoms with E-state index in [2.05, 4.69) is 15.5 Å². The Morgan fingerprint density at radius 3 is 2.64 bits per heavy atom. The summed E-state index contributed by atoms with van der Waals surface area (Å²) in [6, 6.07) is 15.1. The number of aryl methyl sites for hydroxylation is 1. The van der Waals surface area contributed by atoms with Crippen LogP contribution < -0.4 is 20.6 Å². The van der Waals surface area contributed by atoms with Crippen molar-refractivity contribution in [3.63, 3.8) is 0 Å². The van der Waals surface area contributed by atoms with Crippen molar-refractivity contribution in [1.82, 2.24) is 10.4 Å². The van der Waals surface area contributed by atoms with E-state index < -0.39 is 0 Å². The number of carbonyl (C=O) groups is 1. The Morgan fingerprint density at radius 2 is 1.94 bits per heavy atom. The predicted molar refractivity (Wildman–Crippen MR) is 133 cm³/mol. The molecule has 0 saturated heterocycles. The molecule has 0 fully saturated rings. The average Bonchev–Trinajstić information content (AvgIpc) is 3.18. The minimum absolute atomic E-state index is 0.0781. The molecule has 0 unspecified atom stereocenters. The van der Waals surface area contributed by atoms with Crippen LogP contribution in [0.25, 0.3) is 11.3 Å². The molecule has 0 spiro atoms. The van der Waals surface area contributed by atoms with Crippen molar-refractivity contribution in [3.8, 4) is 22.8 Å². The van der Waals surface area contributed by atoms with Gasteiger partial charge in [-0.05, 0) is 26.0 Å². The number of hydrogen-bond donors (Lipinski definition) is 2. The van der Waals surface area contributed by atoms with Crippen LogP contribution in [0.15, 0.2) is 58.6 Å². The first-order chi connectivity index (χ1) is 15.9. The number of ether oxygens (including phenoxy) is 2. The van der Waals surface area contributed by atoms with Gasteiger partial charge in [0.05, 0.1) is 30.7 Å². The molecule has 9 heteroatoms. The van der Waals surface area contributed by atoms with Crippen LogP contribution in [0, 0.1) is 6.92 Å². The number of ketones is 1. The Hall–Kier alpha value is -3.72. The number of aliphatic imine (C=N–C) groups is 1. The molecule has 0 saturated carbocycles. The number of methoxy groups -OCH3 is 1. The van der Waals surface area contributed by atoms with E-state index in [-0.39, 0.29) is 18.2 Å². The van der Waals surface area contributed by atoms with Crippen molar-refractivity contribution < 1.29 is 14.3 Å². The Kier molecular flexibility index (Phi) is 8.15. The van der Waals surface area contributed by atoms with Gasteiger partial charge in [-0.15, -0.1) is 11.3 Å². The molecule has 0 bridgehead atoms. The van der Waals surface area contributed by atoms with E-state index >= 15 is 0 Å². The van der Waals surface area contributed by atoms with Crippen LogP contribution in [0.1, 0.15) is 23.7 Å². The van der Waals surface area contributed by atoms with Crippen LogP contribution >= 0.6 is 11.3 Å². The van der Waals surface area contributed by atoms with Gasteiger partial charge in [0, 0.05) is 23.4 Å². The maximum absolute atomic E-state index is 12.1. The molecule has 0 amide bonds. The van der Waals surface area contributed by atoms with Crippen LogP contribution in [0.3, 0.4) is 0 Å². The number of Topliss-reactive ketones (excluding diaryl/α,β-unsaturated/α-hetero) is 1. The summed E-state index contributed by atoms with van der Waals surface area (Å²) in [7, 11) is 1.56. The third-order valence-corrected chi connectivity index (χ3v) is 5.68. The largest absolute Gasteiger partial charge is 0.497 e. The highest BCUT2D eigenvalue weighted by Gasteiger charge is 2.12. The van der Waals surface area contributed by atoms with Gasteiger partial charge >= 0.3 is 0 Å². The number of thiazole rings is 1. The van der Waals surface area contributed by atoms with Crippen molar-refractivity contribution in [3.05, 3.63) is 58.4 Å². The highest BCUT2D eigenvalue weighted by Crippen LogP contribution is 2.28. The molecule has 8 nitrogen and oxygen atoms in total. The van der Waals surface area contributed by atoms with Gasteiger partial charge in [-0.25, -0.2) is 9.98 Å². The van der Waals surface area contributed by atoms with Gasteiger partial charge in [-0.2, -0.15) is 5.10 Å². The van der Waals surface area contributed by atoms with Crippen LogP contribution in [-0.2, 0) is 11.3 Å². The lowest BCUT2D eigenvalue weighted by Gasteiger charge is -2.09. The number of rotatable bonds is 10. The minimum atomic E-state index is -0.211. The van der Waals surface area contributed by atoms with Crippen LogP contribution in [-0.4, -0.2) is 36.0 Å². The molecular formula is C24H27N5O3S. The van der Waals surface area contributed by atoms with Gasteiger partial charge in [-0.3, -0.25) is 4.79 Å². The number of nitrogens with one attached hydrogen (secondary N) is 1. The van der Waals surface area contributed by atoms with Crippen LogP contribution in [0.4, 0.5) is 5.69 Å². The Balaban J connectivity index is 1.63. The summed E-state index contributed by atoms with van der Waals surface area (Å²) in [4.78, 5) is 22.2. The molecule has 3 N–H and O–H groups in total. The summed E-state index contributed by atoms with van der Waals surface area (Å²) in [6.07, 6.45) is 0. The van der Waals surface area contributed by atoms with Gasteiger partial charge in [0.2, 0.25) is 0 Å². The minimum Gasteiger partial charge on any atom is -0.497 e. The molecule has 2 aromatic carbocycles. The molecular weight excluding hydrogens is 438 g/mol. The summed E-state index contributed by atoms with van der Waals surface area (Å²) < 4.78 is 10.8. The van der Waals surface area contributed by atoms with Crippen LogP contribution in [0.5, 0.6) is 11.5 Å². The standard InChI is InChI=1S/C24H27N5O3S/c1-15(23(16(2)30)26-14-32-21-12-19(31-4)10-11-20(21)25)29-27-13-22-28-24(17(3)33-22)18-8-6-5-7-9-18/h5-12,27H,13-14,25H2,1-4H3/b26-23?,29-15-. The predicted octanol–water partition coefficient (Wildman–Crippen LogP) is 4.24. The number of aromatic nitrogens is 1. The van der Waals surface area contributed by atoms with Crippen molar-refractivity contribution in [2.75, 3.05) is 19.6 Å². The number of carbonyl (C=O) groups excluding carboxylic acids is 1. The first kappa shape index (κ1) is 23.9. The van der Waals surface area contributed by atoms with E-state index in [1.165, 1.54) is 6.92 Å². The fourth-order valence-electron chi connectivity index (χ4n) is 3.08. The Labute approximate surface area is 197 Å². The van der Waals surface area contributed by atoms with Gasteiger partial charge in [0.25, 0.3) is 0 Å². The Morgan fingerprint density at radius 1 is 1.18 bits per heavy atom. The lowest BCUT2D eigenvalue weighted by Crippen LogP contribution is -2.23. The fraction of sp³-hybridized carbons (Fsp3) is 0.250. The zero-order valence-electron chi connectivity index (χ0n) is 19.1. The zero-order valence-corrected chi connectivity index (χ0v) is 19.9. The molecule has 1 aromatic heterocycles. The highest BCUT2D eigenvalue weighted by molar-refractivity contribution is 7.12. The number of nitrogens with two attached hydrogens (primary N) is 1. The monoisotopic (exact) mass is 465 g/mol. The van der Waals surface area contributed by atoms with Gasteiger partial charge in [0.15, 0.2) is 12.5 Å². The molecule has 0 aliphatic carbocycles. The summed E-state index contributed by atoms with van der Waals surface area (Å²) in [5.41, 5.74) is 12.1. The van der Waals surface area contributed by atoms with Crippen molar-refractivity contribution in [2.24, 2.45) is 10.1 Å². The number of benzene rings is 2.